The van der Waals surface area contributed by atoms with Gasteiger partial charge in [0.2, 0.25) is 5.91 Å². The zero-order valence-corrected chi connectivity index (χ0v) is 39.0. The normalized spacial score (nSPS) is 23.4. The fourth-order valence-corrected chi connectivity index (χ4v) is 8.75. The summed E-state index contributed by atoms with van der Waals surface area (Å²) in [6.45, 7) is 3.74. The lowest BCUT2D eigenvalue weighted by Crippen LogP contribution is -2.64. The molecule has 14 heteroatoms. The largest absolute Gasteiger partial charge is 0.472 e. The van der Waals surface area contributed by atoms with Crippen LogP contribution in [0.2, 0.25) is 0 Å². The van der Waals surface area contributed by atoms with Crippen molar-refractivity contribution < 1.29 is 59.0 Å². The number of hydrogen-bond donors (Lipinski definition) is 9. The highest BCUT2D eigenvalue weighted by atomic mass is 31.2. The Balaban J connectivity index is 2.56. The van der Waals surface area contributed by atoms with Crippen molar-refractivity contribution in [2.24, 2.45) is 0 Å². The number of phosphoric ester groups is 1. The molecule has 0 bridgehead atoms. The summed E-state index contributed by atoms with van der Waals surface area (Å²) in [4.78, 5) is 23.4. The van der Waals surface area contributed by atoms with Gasteiger partial charge in [-0.05, 0) is 32.1 Å². The van der Waals surface area contributed by atoms with Crippen LogP contribution in [-0.2, 0) is 18.4 Å². The van der Waals surface area contributed by atoms with E-state index in [0.29, 0.717) is 12.8 Å². The van der Waals surface area contributed by atoms with Crippen LogP contribution < -0.4 is 5.32 Å². The topological polar surface area (TPSA) is 226 Å². The highest BCUT2D eigenvalue weighted by Crippen LogP contribution is 2.47. The molecule has 0 aromatic carbocycles. The number of aliphatic hydroxyl groups is 7. The third-order valence-corrected chi connectivity index (χ3v) is 12.8. The van der Waals surface area contributed by atoms with Crippen molar-refractivity contribution in [3.05, 3.63) is 24.3 Å². The van der Waals surface area contributed by atoms with Gasteiger partial charge in [-0.15, -0.1) is 0 Å². The number of unbranched alkanes of at least 4 members (excludes halogenated alkanes) is 25. The van der Waals surface area contributed by atoms with Crippen LogP contribution in [-0.4, -0.2) is 108 Å². The van der Waals surface area contributed by atoms with Gasteiger partial charge >= 0.3 is 7.82 Å². The maximum absolute atomic E-state index is 13.0. The number of nitrogens with one attached hydrogen (secondary N) is 1. The van der Waals surface area contributed by atoms with E-state index in [9.17, 15) is 50.0 Å². The Labute approximate surface area is 369 Å². The highest BCUT2D eigenvalue weighted by molar-refractivity contribution is 7.47. The number of allylic oxidation sites excluding steroid dienone is 3. The first-order valence-electron chi connectivity index (χ1n) is 24.4. The first-order valence-corrected chi connectivity index (χ1v) is 25.9. The number of rotatable bonds is 40. The van der Waals surface area contributed by atoms with Crippen molar-refractivity contribution in [1.29, 1.82) is 0 Å². The molecule has 1 aliphatic carbocycles. The van der Waals surface area contributed by atoms with Crippen LogP contribution in [0.5, 0.6) is 0 Å². The Morgan fingerprint density at radius 1 is 0.574 bits per heavy atom. The Kier molecular flexibility index (Phi) is 35.1. The van der Waals surface area contributed by atoms with Gasteiger partial charge in [-0.1, -0.05) is 192 Å². The lowest BCUT2D eigenvalue weighted by molar-refractivity contribution is -0.220. The number of hydrogen-bond acceptors (Lipinski definition) is 11. The molecule has 13 nitrogen and oxygen atoms in total. The summed E-state index contributed by atoms with van der Waals surface area (Å²) in [5.74, 6) is -0.601. The molecule has 0 saturated heterocycles. The van der Waals surface area contributed by atoms with Gasteiger partial charge in [0, 0.05) is 0 Å². The van der Waals surface area contributed by atoms with E-state index in [-0.39, 0.29) is 6.42 Å². The van der Waals surface area contributed by atoms with Gasteiger partial charge in [0.1, 0.15) is 36.6 Å². The molecular formula is C47H90NO12P. The van der Waals surface area contributed by atoms with Crippen molar-refractivity contribution in [2.75, 3.05) is 6.61 Å². The fourth-order valence-electron chi connectivity index (χ4n) is 7.79. The average molecular weight is 892 g/mol. The summed E-state index contributed by atoms with van der Waals surface area (Å²) in [7, 11) is -5.15. The molecule has 1 fully saturated rings. The Hall–Kier alpha value is -1.22. The van der Waals surface area contributed by atoms with Crippen molar-refractivity contribution in [3.63, 3.8) is 0 Å². The standard InChI is InChI=1S/C47H90NO12P/c1-3-5-7-9-11-13-15-17-19-20-21-23-25-27-29-31-33-35-40(50)39(37-59-61(57,58)60-47-45(55)43(53)42(52)44(54)46(47)56)48-41(51)36-38(49)34-32-30-28-26-24-22-18-16-14-12-10-8-6-4-2/h25,27,33,35,38-40,42-47,49-50,52-56H,3-24,26,28-32,34,36-37H2,1-2H3,(H,48,51)(H,57,58)/b27-25+,35-33+. The number of aliphatic hydroxyl groups excluding tert-OH is 7. The van der Waals surface area contributed by atoms with Crippen molar-refractivity contribution in [1.82, 2.24) is 5.32 Å². The summed E-state index contributed by atoms with van der Waals surface area (Å²) in [5, 5.41) is 74.5. The van der Waals surface area contributed by atoms with Gasteiger partial charge in [0.15, 0.2) is 0 Å². The molecule has 9 N–H and O–H groups in total. The third-order valence-electron chi connectivity index (χ3n) is 11.8. The van der Waals surface area contributed by atoms with E-state index in [1.54, 1.807) is 6.08 Å². The van der Waals surface area contributed by atoms with Crippen molar-refractivity contribution in [3.8, 4) is 0 Å². The summed E-state index contributed by atoms with van der Waals surface area (Å²) < 4.78 is 22.9. The van der Waals surface area contributed by atoms with Crippen LogP contribution in [0.25, 0.3) is 0 Å². The van der Waals surface area contributed by atoms with Crippen LogP contribution in [0.1, 0.15) is 206 Å². The number of amides is 1. The SMILES string of the molecule is CCCCCCCCCCCCC/C=C/CC/C=C/C(O)C(COP(=O)(O)OC1C(O)C(O)C(O)C(O)C1O)NC(=O)CC(O)CCCCCCCCCCCCCCCC. The van der Waals surface area contributed by atoms with Crippen LogP contribution in [0.4, 0.5) is 0 Å². The van der Waals surface area contributed by atoms with Gasteiger partial charge in [0.05, 0.1) is 31.3 Å². The monoisotopic (exact) mass is 892 g/mol. The summed E-state index contributed by atoms with van der Waals surface area (Å²) >= 11 is 0. The second-order valence-electron chi connectivity index (χ2n) is 17.5. The molecule has 360 valence electrons. The fraction of sp³-hybridized carbons (Fsp3) is 0.894. The lowest BCUT2D eigenvalue weighted by atomic mass is 9.85. The van der Waals surface area contributed by atoms with E-state index in [1.165, 1.54) is 134 Å². The molecule has 0 aromatic rings. The minimum atomic E-state index is -5.15. The molecule has 8 atom stereocenters. The van der Waals surface area contributed by atoms with Crippen molar-refractivity contribution >= 4 is 13.7 Å². The van der Waals surface area contributed by atoms with E-state index in [2.05, 4.69) is 31.3 Å². The van der Waals surface area contributed by atoms with E-state index in [1.807, 2.05) is 0 Å². The number of phosphoric acid groups is 1. The average Bonchev–Trinajstić information content (AvgIpc) is 3.23. The predicted molar refractivity (Wildman–Crippen MR) is 243 cm³/mol. The van der Waals surface area contributed by atoms with Gasteiger partial charge < -0.3 is 46.0 Å². The number of carbonyl (C=O) groups excluding carboxylic acids is 1. The van der Waals surface area contributed by atoms with E-state index >= 15 is 0 Å². The quantitative estimate of drug-likeness (QED) is 0.0161. The Morgan fingerprint density at radius 3 is 1.44 bits per heavy atom. The minimum Gasteiger partial charge on any atom is -0.393 e. The number of carbonyl (C=O) groups is 1. The van der Waals surface area contributed by atoms with E-state index < -0.39 is 75.2 Å². The summed E-state index contributed by atoms with van der Waals surface area (Å²) in [5.41, 5.74) is 0. The second kappa shape index (κ2) is 37.0. The highest BCUT2D eigenvalue weighted by Gasteiger charge is 2.51. The minimum absolute atomic E-state index is 0.249. The van der Waals surface area contributed by atoms with Gasteiger partial charge in [-0.2, -0.15) is 0 Å². The molecule has 0 radical (unpaired) electrons. The zero-order valence-electron chi connectivity index (χ0n) is 38.1. The summed E-state index contributed by atoms with van der Waals surface area (Å²) in [6, 6.07) is -1.25. The maximum Gasteiger partial charge on any atom is 0.472 e. The molecule has 1 saturated carbocycles. The molecule has 1 amide bonds. The van der Waals surface area contributed by atoms with Gasteiger partial charge in [-0.25, -0.2) is 4.57 Å². The van der Waals surface area contributed by atoms with Gasteiger partial charge in [0.25, 0.3) is 0 Å². The molecular weight excluding hydrogens is 801 g/mol. The predicted octanol–water partition coefficient (Wildman–Crippen LogP) is 8.37. The molecule has 0 spiro atoms. The van der Waals surface area contributed by atoms with E-state index in [0.717, 1.165) is 44.9 Å². The van der Waals surface area contributed by atoms with Crippen molar-refractivity contribution in [2.45, 2.75) is 261 Å². The van der Waals surface area contributed by atoms with Crippen LogP contribution >= 0.6 is 7.82 Å². The smallest absolute Gasteiger partial charge is 0.393 e. The van der Waals surface area contributed by atoms with E-state index in [4.69, 9.17) is 9.05 Å². The Morgan fingerprint density at radius 2 is 0.967 bits per heavy atom. The van der Waals surface area contributed by atoms with Crippen LogP contribution in [0.3, 0.4) is 0 Å². The molecule has 1 rings (SSSR count). The Bertz CT molecular complexity index is 1140. The maximum atomic E-state index is 13.0. The first-order chi connectivity index (χ1) is 29.3. The lowest BCUT2D eigenvalue weighted by Gasteiger charge is -2.41. The molecule has 0 aromatic heterocycles. The van der Waals surface area contributed by atoms with Crippen LogP contribution in [0.15, 0.2) is 24.3 Å². The van der Waals surface area contributed by atoms with Gasteiger partial charge in [-0.3, -0.25) is 13.8 Å². The molecule has 8 unspecified atom stereocenters. The molecule has 0 aliphatic heterocycles. The first kappa shape index (κ1) is 57.8. The van der Waals surface area contributed by atoms with Crippen LogP contribution in [0, 0.1) is 0 Å². The molecule has 0 heterocycles. The third kappa shape index (κ3) is 29.0. The second-order valence-corrected chi connectivity index (χ2v) is 18.9. The molecule has 1 aliphatic rings. The molecule has 61 heavy (non-hydrogen) atoms. The summed E-state index contributed by atoms with van der Waals surface area (Å²) in [6.07, 6.45) is 26.9. The zero-order chi connectivity index (χ0) is 45.1.